The number of ether oxygens (including phenoxy) is 2. The molecule has 0 amide bonds. The van der Waals surface area contributed by atoms with Gasteiger partial charge in [0.05, 0.1) is 9.82 Å². The van der Waals surface area contributed by atoms with Crippen LogP contribution in [0.25, 0.3) is 0 Å². The van der Waals surface area contributed by atoms with Gasteiger partial charge in [-0.2, -0.15) is 0 Å². The van der Waals surface area contributed by atoms with Gasteiger partial charge in [-0.3, -0.25) is 10.1 Å². The molecule has 1 aliphatic rings. The van der Waals surface area contributed by atoms with Gasteiger partial charge in [-0.05, 0) is 29.8 Å². The monoisotopic (exact) mass is 351 g/mol. The van der Waals surface area contributed by atoms with Crippen molar-refractivity contribution in [3.8, 4) is 11.5 Å². The van der Waals surface area contributed by atoms with Crippen LogP contribution in [0.2, 0.25) is 0 Å². The summed E-state index contributed by atoms with van der Waals surface area (Å²) in [6, 6.07) is 8.76. The van der Waals surface area contributed by atoms with Crippen LogP contribution in [-0.2, 0) is 16.6 Å². The number of nitrogens with two attached hydrogens (primary N) is 1. The minimum Gasteiger partial charge on any atom is -0.454 e. The van der Waals surface area contributed by atoms with Gasteiger partial charge < -0.3 is 14.8 Å². The normalized spacial score (nSPS) is 12.9. The number of rotatable bonds is 5. The minimum atomic E-state index is -4.01. The molecule has 3 N–H and O–H groups in total. The first-order valence-electron chi connectivity index (χ1n) is 6.78. The largest absolute Gasteiger partial charge is 0.454 e. The summed E-state index contributed by atoms with van der Waals surface area (Å²) in [6.45, 7) is 0.443. The summed E-state index contributed by atoms with van der Waals surface area (Å²) in [5, 5.41) is 19.1. The summed E-state index contributed by atoms with van der Waals surface area (Å²) in [4.78, 5) is 10.2. The molecular formula is C14H13N3O6S. The Hall–Kier alpha value is -2.85. The lowest BCUT2D eigenvalue weighted by Crippen LogP contribution is -2.13. The average Bonchev–Trinajstić information content (AvgIpc) is 2.99. The number of benzene rings is 2. The van der Waals surface area contributed by atoms with Crippen LogP contribution in [0.15, 0.2) is 41.3 Å². The summed E-state index contributed by atoms with van der Waals surface area (Å²) >= 11 is 0. The summed E-state index contributed by atoms with van der Waals surface area (Å²) in [6.07, 6.45) is 0. The van der Waals surface area contributed by atoms with Gasteiger partial charge >= 0.3 is 0 Å². The van der Waals surface area contributed by atoms with Gasteiger partial charge in [0.2, 0.25) is 16.8 Å². The smallest absolute Gasteiger partial charge is 0.293 e. The quantitative estimate of drug-likeness (QED) is 0.617. The van der Waals surface area contributed by atoms with Crippen LogP contribution in [-0.4, -0.2) is 20.1 Å². The predicted octanol–water partition coefficient (Wildman–Crippen LogP) is 1.58. The predicted molar refractivity (Wildman–Crippen MR) is 84.4 cm³/mol. The van der Waals surface area contributed by atoms with Crippen molar-refractivity contribution in [2.24, 2.45) is 5.14 Å². The fourth-order valence-corrected chi connectivity index (χ4v) is 2.77. The maximum absolute atomic E-state index is 11.3. The van der Waals surface area contributed by atoms with E-state index < -0.39 is 14.9 Å². The first kappa shape index (κ1) is 16.0. The number of primary sulfonamides is 1. The maximum Gasteiger partial charge on any atom is 0.293 e. The van der Waals surface area contributed by atoms with Crippen molar-refractivity contribution < 1.29 is 22.8 Å². The molecule has 10 heteroatoms. The third-order valence-electron chi connectivity index (χ3n) is 3.41. The molecule has 0 unspecified atom stereocenters. The average molecular weight is 351 g/mol. The summed E-state index contributed by atoms with van der Waals surface area (Å²) in [5.41, 5.74) is 0.636. The summed E-state index contributed by atoms with van der Waals surface area (Å²) in [5.74, 6) is 1.25. The van der Waals surface area contributed by atoms with Crippen LogP contribution < -0.4 is 19.9 Å². The summed E-state index contributed by atoms with van der Waals surface area (Å²) < 4.78 is 33.1. The third kappa shape index (κ3) is 3.24. The van der Waals surface area contributed by atoms with Gasteiger partial charge in [0.25, 0.3) is 5.69 Å². The number of nitrogens with one attached hydrogen (secondary N) is 1. The van der Waals surface area contributed by atoms with Crippen molar-refractivity contribution in [3.05, 3.63) is 52.1 Å². The van der Waals surface area contributed by atoms with E-state index in [1.165, 1.54) is 12.1 Å². The molecule has 0 fully saturated rings. The van der Waals surface area contributed by atoms with Gasteiger partial charge in [0.1, 0.15) is 5.69 Å². The van der Waals surface area contributed by atoms with E-state index in [0.29, 0.717) is 11.5 Å². The Morgan fingerprint density at radius 3 is 2.62 bits per heavy atom. The van der Waals surface area contributed by atoms with Crippen molar-refractivity contribution in [2.75, 3.05) is 12.1 Å². The van der Waals surface area contributed by atoms with Crippen LogP contribution in [0.1, 0.15) is 5.56 Å². The van der Waals surface area contributed by atoms with Gasteiger partial charge in [-0.25, -0.2) is 13.6 Å². The van der Waals surface area contributed by atoms with E-state index in [1.807, 2.05) is 0 Å². The van der Waals surface area contributed by atoms with E-state index in [9.17, 15) is 18.5 Å². The Morgan fingerprint density at radius 1 is 1.17 bits per heavy atom. The second-order valence-electron chi connectivity index (χ2n) is 5.02. The third-order valence-corrected chi connectivity index (χ3v) is 4.33. The fraction of sp³-hybridized carbons (Fsp3) is 0.143. The zero-order chi connectivity index (χ0) is 17.3. The molecule has 1 aliphatic heterocycles. The zero-order valence-corrected chi connectivity index (χ0v) is 13.1. The SMILES string of the molecule is NS(=O)(=O)c1ccc(NCc2ccc3c(c2)OCO3)c([N+](=O)[O-])c1. The van der Waals surface area contributed by atoms with E-state index in [2.05, 4.69) is 5.32 Å². The minimum absolute atomic E-state index is 0.159. The topological polar surface area (TPSA) is 134 Å². The van der Waals surface area contributed by atoms with Crippen LogP contribution in [0, 0.1) is 10.1 Å². The van der Waals surface area contributed by atoms with Crippen LogP contribution in [0.5, 0.6) is 11.5 Å². The fourth-order valence-electron chi connectivity index (χ4n) is 2.24. The Morgan fingerprint density at radius 2 is 1.92 bits per heavy atom. The Labute approximate surface area is 137 Å². The molecule has 24 heavy (non-hydrogen) atoms. The molecular weight excluding hydrogens is 338 g/mol. The highest BCUT2D eigenvalue weighted by molar-refractivity contribution is 7.89. The van der Waals surface area contributed by atoms with E-state index in [0.717, 1.165) is 11.6 Å². The van der Waals surface area contributed by atoms with E-state index in [-0.39, 0.29) is 29.6 Å². The first-order valence-corrected chi connectivity index (χ1v) is 8.33. The molecule has 0 aromatic heterocycles. The lowest BCUT2D eigenvalue weighted by molar-refractivity contribution is -0.384. The van der Waals surface area contributed by atoms with Crippen LogP contribution in [0.4, 0.5) is 11.4 Å². The van der Waals surface area contributed by atoms with Gasteiger partial charge in [0.15, 0.2) is 11.5 Å². The number of fused-ring (bicyclic) bond motifs is 1. The molecule has 0 atom stereocenters. The number of sulfonamides is 1. The maximum atomic E-state index is 11.3. The van der Waals surface area contributed by atoms with Gasteiger partial charge in [-0.1, -0.05) is 6.07 Å². The number of nitro groups is 1. The van der Waals surface area contributed by atoms with E-state index in [4.69, 9.17) is 14.6 Å². The number of anilines is 1. The molecule has 0 spiro atoms. The number of nitro benzene ring substituents is 1. The molecule has 126 valence electrons. The second kappa shape index (κ2) is 5.98. The highest BCUT2D eigenvalue weighted by Gasteiger charge is 2.19. The molecule has 9 nitrogen and oxygen atoms in total. The molecule has 2 aromatic carbocycles. The molecule has 1 heterocycles. The van der Waals surface area contributed by atoms with Crippen molar-refractivity contribution >= 4 is 21.4 Å². The Balaban J connectivity index is 1.83. The molecule has 0 saturated heterocycles. The molecule has 0 saturated carbocycles. The molecule has 3 rings (SSSR count). The second-order valence-corrected chi connectivity index (χ2v) is 6.58. The highest BCUT2D eigenvalue weighted by Crippen LogP contribution is 2.33. The van der Waals surface area contributed by atoms with Crippen molar-refractivity contribution in [2.45, 2.75) is 11.4 Å². The number of hydrogen-bond acceptors (Lipinski definition) is 7. The van der Waals surface area contributed by atoms with Crippen LogP contribution >= 0.6 is 0 Å². The molecule has 0 aliphatic carbocycles. The Bertz CT molecular complexity index is 913. The summed E-state index contributed by atoms with van der Waals surface area (Å²) in [7, 11) is -4.01. The Kier molecular flexibility index (Phi) is 3.99. The van der Waals surface area contributed by atoms with Gasteiger partial charge in [0, 0.05) is 12.6 Å². The van der Waals surface area contributed by atoms with Gasteiger partial charge in [-0.15, -0.1) is 0 Å². The molecule has 0 bridgehead atoms. The number of hydrogen-bond donors (Lipinski definition) is 2. The zero-order valence-electron chi connectivity index (χ0n) is 12.3. The number of nitrogens with zero attached hydrogens (tertiary/aromatic N) is 1. The standard InChI is InChI=1S/C14H13N3O6S/c15-24(20,21)10-2-3-11(12(6-10)17(18)19)16-7-9-1-4-13-14(5-9)23-8-22-13/h1-6,16H,7-8H2,(H2,15,20,21). The van der Waals surface area contributed by atoms with E-state index >= 15 is 0 Å². The van der Waals surface area contributed by atoms with E-state index in [1.54, 1.807) is 18.2 Å². The lowest BCUT2D eigenvalue weighted by Gasteiger charge is -2.09. The molecule has 2 aromatic rings. The van der Waals surface area contributed by atoms with Crippen molar-refractivity contribution in [3.63, 3.8) is 0 Å². The van der Waals surface area contributed by atoms with Crippen molar-refractivity contribution in [1.82, 2.24) is 0 Å². The highest BCUT2D eigenvalue weighted by atomic mass is 32.2. The lowest BCUT2D eigenvalue weighted by atomic mass is 10.2. The van der Waals surface area contributed by atoms with Crippen molar-refractivity contribution in [1.29, 1.82) is 0 Å². The molecule has 0 radical (unpaired) electrons. The van der Waals surface area contributed by atoms with Crippen LogP contribution in [0.3, 0.4) is 0 Å². The first-order chi connectivity index (χ1) is 11.3.